The van der Waals surface area contributed by atoms with Crippen LogP contribution in [0.5, 0.6) is 0 Å². The second-order valence-electron chi connectivity index (χ2n) is 6.17. The smallest absolute Gasteiger partial charge is 0.225 e. The number of ether oxygens (including phenoxy) is 2. The van der Waals surface area contributed by atoms with Gasteiger partial charge in [0.1, 0.15) is 0 Å². The molecule has 2 atom stereocenters. The highest BCUT2D eigenvalue weighted by Gasteiger charge is 2.46. The van der Waals surface area contributed by atoms with E-state index in [0.717, 1.165) is 37.6 Å². The Balaban J connectivity index is 1.33. The Morgan fingerprint density at radius 3 is 2.87 bits per heavy atom. The Morgan fingerprint density at radius 1 is 1.17 bits per heavy atom. The molecule has 0 amide bonds. The number of anilines is 1. The average Bonchev–Trinajstić information content (AvgIpc) is 3.22. The fourth-order valence-corrected chi connectivity index (χ4v) is 3.35. The fourth-order valence-electron chi connectivity index (χ4n) is 3.35. The summed E-state index contributed by atoms with van der Waals surface area (Å²) in [6, 6.07) is 7.71. The molecule has 0 radical (unpaired) electrons. The van der Waals surface area contributed by atoms with Gasteiger partial charge in [0, 0.05) is 31.6 Å². The van der Waals surface area contributed by atoms with E-state index in [9.17, 15) is 0 Å². The molecule has 2 aromatic rings. The summed E-state index contributed by atoms with van der Waals surface area (Å²) in [5.74, 6) is 0.783. The summed E-state index contributed by atoms with van der Waals surface area (Å²) in [6.45, 7) is 2.95. The van der Waals surface area contributed by atoms with E-state index in [0.29, 0.717) is 13.2 Å². The summed E-state index contributed by atoms with van der Waals surface area (Å²) in [4.78, 5) is 15.1. The molecule has 0 aromatic carbocycles. The maximum atomic E-state index is 6.11. The van der Waals surface area contributed by atoms with Crippen molar-refractivity contribution >= 4 is 5.95 Å². The normalized spacial score (nSPS) is 27.0. The number of rotatable bonds is 4. The number of nitrogens with zero attached hydrogens (tertiary/aromatic N) is 4. The topological polar surface area (TPSA) is 60.4 Å². The zero-order chi connectivity index (χ0) is 15.5. The largest absolute Gasteiger partial charge is 0.370 e. The van der Waals surface area contributed by atoms with Crippen molar-refractivity contribution in [3.05, 3.63) is 48.5 Å². The first-order chi connectivity index (χ1) is 11.3. The molecule has 0 saturated carbocycles. The maximum Gasteiger partial charge on any atom is 0.225 e. The number of pyridine rings is 1. The first-order valence-electron chi connectivity index (χ1n) is 8.00. The third-order valence-corrected chi connectivity index (χ3v) is 4.52. The van der Waals surface area contributed by atoms with Gasteiger partial charge in [0.05, 0.1) is 37.2 Å². The van der Waals surface area contributed by atoms with Gasteiger partial charge in [-0.25, -0.2) is 9.97 Å². The monoisotopic (exact) mass is 312 g/mol. The molecule has 2 fully saturated rings. The molecule has 2 aliphatic rings. The molecule has 4 rings (SSSR count). The minimum Gasteiger partial charge on any atom is -0.370 e. The van der Waals surface area contributed by atoms with Crippen LogP contribution in [-0.2, 0) is 16.1 Å². The van der Waals surface area contributed by atoms with Crippen molar-refractivity contribution in [3.8, 4) is 0 Å². The number of aromatic nitrogens is 3. The van der Waals surface area contributed by atoms with Gasteiger partial charge in [-0.2, -0.15) is 0 Å². The van der Waals surface area contributed by atoms with Crippen LogP contribution >= 0.6 is 0 Å². The highest BCUT2D eigenvalue weighted by molar-refractivity contribution is 5.32. The second kappa shape index (κ2) is 6.22. The zero-order valence-electron chi connectivity index (χ0n) is 13.0. The van der Waals surface area contributed by atoms with Crippen molar-refractivity contribution in [3.63, 3.8) is 0 Å². The van der Waals surface area contributed by atoms with Crippen molar-refractivity contribution in [2.75, 3.05) is 24.6 Å². The summed E-state index contributed by atoms with van der Waals surface area (Å²) >= 11 is 0. The van der Waals surface area contributed by atoms with Crippen LogP contribution in [0.1, 0.15) is 18.5 Å². The van der Waals surface area contributed by atoms with E-state index in [4.69, 9.17) is 9.47 Å². The number of hydrogen-bond donors (Lipinski definition) is 0. The first kappa shape index (κ1) is 14.5. The molecule has 0 bridgehead atoms. The van der Waals surface area contributed by atoms with E-state index >= 15 is 0 Å². The van der Waals surface area contributed by atoms with Crippen molar-refractivity contribution in [2.45, 2.75) is 31.2 Å². The lowest BCUT2D eigenvalue weighted by molar-refractivity contribution is 0.00528. The molecule has 0 aliphatic carbocycles. The van der Waals surface area contributed by atoms with Crippen LogP contribution in [0, 0.1) is 0 Å². The minimum atomic E-state index is -0.117. The second-order valence-corrected chi connectivity index (χ2v) is 6.17. The molecule has 1 spiro atoms. The van der Waals surface area contributed by atoms with E-state index in [2.05, 4.69) is 19.9 Å². The average molecular weight is 312 g/mol. The minimum absolute atomic E-state index is 0.117. The van der Waals surface area contributed by atoms with Gasteiger partial charge in [0.15, 0.2) is 0 Å². The van der Waals surface area contributed by atoms with Crippen LogP contribution < -0.4 is 4.90 Å². The van der Waals surface area contributed by atoms with E-state index in [1.807, 2.05) is 24.3 Å². The fraction of sp³-hybridized carbons (Fsp3) is 0.471. The molecule has 2 saturated heterocycles. The molecule has 4 heterocycles. The summed E-state index contributed by atoms with van der Waals surface area (Å²) in [5.41, 5.74) is 0.840. The van der Waals surface area contributed by atoms with Crippen LogP contribution in [0.4, 0.5) is 5.95 Å². The van der Waals surface area contributed by atoms with Crippen molar-refractivity contribution in [2.24, 2.45) is 0 Å². The highest BCUT2D eigenvalue weighted by Crippen LogP contribution is 2.37. The predicted octanol–water partition coefficient (Wildman–Crippen LogP) is 1.83. The van der Waals surface area contributed by atoms with Crippen LogP contribution in [-0.4, -0.2) is 46.4 Å². The van der Waals surface area contributed by atoms with Gasteiger partial charge in [-0.15, -0.1) is 0 Å². The molecule has 0 unspecified atom stereocenters. The van der Waals surface area contributed by atoms with E-state index < -0.39 is 0 Å². The Morgan fingerprint density at radius 2 is 2.04 bits per heavy atom. The van der Waals surface area contributed by atoms with Crippen molar-refractivity contribution in [1.82, 2.24) is 15.0 Å². The zero-order valence-corrected chi connectivity index (χ0v) is 13.0. The Bertz CT molecular complexity index is 640. The van der Waals surface area contributed by atoms with E-state index in [1.165, 1.54) is 0 Å². The van der Waals surface area contributed by atoms with Gasteiger partial charge in [-0.1, -0.05) is 6.07 Å². The molecule has 23 heavy (non-hydrogen) atoms. The van der Waals surface area contributed by atoms with E-state index in [-0.39, 0.29) is 11.7 Å². The summed E-state index contributed by atoms with van der Waals surface area (Å²) in [6.07, 6.45) is 7.40. The molecule has 0 N–H and O–H groups in total. The lowest BCUT2D eigenvalue weighted by Gasteiger charge is -2.23. The predicted molar refractivity (Wildman–Crippen MR) is 85.0 cm³/mol. The number of hydrogen-bond acceptors (Lipinski definition) is 6. The van der Waals surface area contributed by atoms with Crippen molar-refractivity contribution < 1.29 is 9.47 Å². The summed E-state index contributed by atoms with van der Waals surface area (Å²) < 4.78 is 12.1. The van der Waals surface area contributed by atoms with Crippen molar-refractivity contribution in [1.29, 1.82) is 0 Å². The Labute approximate surface area is 135 Å². The third kappa shape index (κ3) is 3.18. The standard InChI is InChI=1S/C17H20N4O2/c1-2-6-18-14(4-1)11-22-15-10-17(23-12-15)5-9-21(13-17)16-19-7-3-8-20-16/h1-4,6-8,15H,5,9-13H2/t15-,17+/m0/s1. The quantitative estimate of drug-likeness (QED) is 0.858. The third-order valence-electron chi connectivity index (χ3n) is 4.52. The molecule has 2 aliphatic heterocycles. The van der Waals surface area contributed by atoms with Gasteiger partial charge in [-0.05, 0) is 24.6 Å². The molecule has 6 heteroatoms. The summed E-state index contributed by atoms with van der Waals surface area (Å²) in [5, 5.41) is 0. The molecular weight excluding hydrogens is 292 g/mol. The molecule has 2 aromatic heterocycles. The molecule has 120 valence electrons. The van der Waals surface area contributed by atoms with Crippen LogP contribution in [0.2, 0.25) is 0 Å². The molecule has 6 nitrogen and oxygen atoms in total. The van der Waals surface area contributed by atoms with Gasteiger partial charge in [0.25, 0.3) is 0 Å². The van der Waals surface area contributed by atoms with Crippen LogP contribution in [0.15, 0.2) is 42.9 Å². The van der Waals surface area contributed by atoms with E-state index in [1.54, 1.807) is 18.6 Å². The Kier molecular flexibility index (Phi) is 3.93. The lowest BCUT2D eigenvalue weighted by Crippen LogP contribution is -2.33. The van der Waals surface area contributed by atoms with Gasteiger partial charge < -0.3 is 14.4 Å². The lowest BCUT2D eigenvalue weighted by atomic mass is 9.98. The van der Waals surface area contributed by atoms with Crippen LogP contribution in [0.3, 0.4) is 0 Å². The Hall–Kier alpha value is -2.05. The summed E-state index contributed by atoms with van der Waals surface area (Å²) in [7, 11) is 0. The molecular formula is C17H20N4O2. The maximum absolute atomic E-state index is 6.11. The van der Waals surface area contributed by atoms with Gasteiger partial charge in [-0.3, -0.25) is 4.98 Å². The highest BCUT2D eigenvalue weighted by atomic mass is 16.6. The van der Waals surface area contributed by atoms with Crippen LogP contribution in [0.25, 0.3) is 0 Å². The van der Waals surface area contributed by atoms with Gasteiger partial charge >= 0.3 is 0 Å². The van der Waals surface area contributed by atoms with Gasteiger partial charge in [0.2, 0.25) is 5.95 Å². The first-order valence-corrected chi connectivity index (χ1v) is 8.00. The SMILES string of the molecule is c1ccc(CO[C@@H]2CO[C@]3(CCN(c4ncccn4)C3)C2)nc1.